The normalized spacial score (nSPS) is 18.0. The highest BCUT2D eigenvalue weighted by Crippen LogP contribution is 2.20. The first-order chi connectivity index (χ1) is 12.4. The van der Waals surface area contributed by atoms with Gasteiger partial charge in [-0.05, 0) is 29.6 Å². The van der Waals surface area contributed by atoms with Gasteiger partial charge in [-0.1, -0.05) is 12.1 Å². The molecule has 130 valence electrons. The number of nitrogens with zero attached hydrogens (tertiary/aromatic N) is 4. The Morgan fingerprint density at radius 2 is 2.12 bits per heavy atom. The van der Waals surface area contributed by atoms with Crippen molar-refractivity contribution in [1.82, 2.24) is 19.7 Å². The summed E-state index contributed by atoms with van der Waals surface area (Å²) in [6, 6.07) is 12.4. The summed E-state index contributed by atoms with van der Waals surface area (Å²) in [6.07, 6.45) is 3.71. The lowest BCUT2D eigenvalue weighted by Crippen LogP contribution is -2.29. The molecule has 0 saturated carbocycles. The van der Waals surface area contributed by atoms with Crippen molar-refractivity contribution < 1.29 is 4.74 Å². The van der Waals surface area contributed by atoms with Gasteiger partial charge in [0.1, 0.15) is 0 Å². The van der Waals surface area contributed by atoms with E-state index < -0.39 is 0 Å². The second-order valence-electron chi connectivity index (χ2n) is 6.46. The molecule has 0 N–H and O–H groups in total. The smallest absolute Gasteiger partial charge is 0.0887 e. The molecule has 3 aromatic heterocycles. The first-order valence-corrected chi connectivity index (χ1v) is 9.48. The van der Waals surface area contributed by atoms with Crippen molar-refractivity contribution in [2.75, 3.05) is 13.2 Å². The van der Waals surface area contributed by atoms with E-state index in [2.05, 4.69) is 43.2 Å². The van der Waals surface area contributed by atoms with Crippen molar-refractivity contribution >= 4 is 11.3 Å². The lowest BCUT2D eigenvalue weighted by molar-refractivity contribution is 0.0642. The van der Waals surface area contributed by atoms with Gasteiger partial charge in [-0.2, -0.15) is 5.10 Å². The Bertz CT molecular complexity index is 772. The van der Waals surface area contributed by atoms with E-state index in [1.54, 1.807) is 0 Å². The second-order valence-corrected chi connectivity index (χ2v) is 7.49. The molecular weight excluding hydrogens is 332 g/mol. The van der Waals surface area contributed by atoms with Gasteiger partial charge in [-0.15, -0.1) is 11.3 Å². The quantitative estimate of drug-likeness (QED) is 0.682. The fourth-order valence-electron chi connectivity index (χ4n) is 3.28. The average Bonchev–Trinajstić information content (AvgIpc) is 3.25. The number of rotatable bonds is 6. The van der Waals surface area contributed by atoms with Crippen LogP contribution in [0, 0.1) is 5.92 Å². The Hall–Kier alpha value is -2.02. The lowest BCUT2D eigenvalue weighted by Gasteiger charge is -2.23. The predicted octanol–water partition coefficient (Wildman–Crippen LogP) is 3.19. The third-order valence-corrected chi connectivity index (χ3v) is 5.29. The summed E-state index contributed by atoms with van der Waals surface area (Å²) in [6.45, 7) is 5.13. The number of thiophene rings is 1. The molecule has 3 aromatic rings. The number of hydrogen-bond acceptors (Lipinski definition) is 5. The van der Waals surface area contributed by atoms with Crippen LogP contribution in [0.4, 0.5) is 0 Å². The van der Waals surface area contributed by atoms with Gasteiger partial charge in [-0.25, -0.2) is 0 Å². The third-order valence-electron chi connectivity index (χ3n) is 4.43. The van der Waals surface area contributed by atoms with Crippen LogP contribution in [0.5, 0.6) is 0 Å². The Labute approximate surface area is 151 Å². The molecule has 0 bridgehead atoms. The highest BCUT2D eigenvalue weighted by molar-refractivity contribution is 7.09. The third kappa shape index (κ3) is 4.34. The van der Waals surface area contributed by atoms with Gasteiger partial charge in [0.15, 0.2) is 0 Å². The minimum Gasteiger partial charge on any atom is -0.375 e. The Morgan fingerprint density at radius 1 is 1.12 bits per heavy atom. The zero-order chi connectivity index (χ0) is 16.9. The summed E-state index contributed by atoms with van der Waals surface area (Å²) in [5.74, 6) is 0.421. The standard InChI is InChI=1S/C19H22N4OS/c1-2-7-20-17(4-1)15-24-14-16-10-22(13-19-5-3-9-25-19)12-18-6-8-21-23(18)11-16/h1-9,16H,10-15H2. The maximum Gasteiger partial charge on any atom is 0.0887 e. The van der Waals surface area contributed by atoms with Crippen LogP contribution >= 0.6 is 11.3 Å². The molecule has 6 heteroatoms. The summed E-state index contributed by atoms with van der Waals surface area (Å²) < 4.78 is 8.09. The Morgan fingerprint density at radius 3 is 2.96 bits per heavy atom. The molecule has 5 nitrogen and oxygen atoms in total. The highest BCUT2D eigenvalue weighted by Gasteiger charge is 2.22. The Kier molecular flexibility index (Phi) is 5.20. The van der Waals surface area contributed by atoms with Crippen molar-refractivity contribution in [3.05, 3.63) is 70.4 Å². The van der Waals surface area contributed by atoms with Crippen LogP contribution in [0.2, 0.25) is 0 Å². The summed E-state index contributed by atoms with van der Waals surface area (Å²) in [4.78, 5) is 8.23. The monoisotopic (exact) mass is 354 g/mol. The molecule has 1 aliphatic rings. The van der Waals surface area contributed by atoms with Crippen LogP contribution in [0.3, 0.4) is 0 Å². The van der Waals surface area contributed by atoms with E-state index >= 15 is 0 Å². The zero-order valence-corrected chi connectivity index (χ0v) is 14.9. The molecule has 25 heavy (non-hydrogen) atoms. The van der Waals surface area contributed by atoms with Gasteiger partial charge in [-0.3, -0.25) is 14.6 Å². The molecule has 4 rings (SSSR count). The maximum atomic E-state index is 5.96. The van der Waals surface area contributed by atoms with Crippen molar-refractivity contribution in [3.8, 4) is 0 Å². The van der Waals surface area contributed by atoms with Crippen LogP contribution in [-0.4, -0.2) is 32.8 Å². The second kappa shape index (κ2) is 7.91. The number of aromatic nitrogens is 3. The van der Waals surface area contributed by atoms with Crippen molar-refractivity contribution in [2.45, 2.75) is 26.2 Å². The molecule has 1 aliphatic heterocycles. The van der Waals surface area contributed by atoms with E-state index in [1.807, 2.05) is 41.9 Å². The van der Waals surface area contributed by atoms with Crippen molar-refractivity contribution in [2.24, 2.45) is 5.92 Å². The largest absolute Gasteiger partial charge is 0.375 e. The first-order valence-electron chi connectivity index (χ1n) is 8.60. The fraction of sp³-hybridized carbons (Fsp3) is 0.368. The molecule has 0 amide bonds. The fourth-order valence-corrected chi connectivity index (χ4v) is 4.03. The highest BCUT2D eigenvalue weighted by atomic mass is 32.1. The number of hydrogen-bond donors (Lipinski definition) is 0. The van der Waals surface area contributed by atoms with Crippen LogP contribution in [0.1, 0.15) is 16.3 Å². The van der Waals surface area contributed by atoms with E-state index in [0.29, 0.717) is 12.5 Å². The van der Waals surface area contributed by atoms with E-state index in [0.717, 1.165) is 38.5 Å². The summed E-state index contributed by atoms with van der Waals surface area (Å²) in [5.41, 5.74) is 2.26. The van der Waals surface area contributed by atoms with Crippen LogP contribution in [0.15, 0.2) is 54.2 Å². The number of fused-ring (bicyclic) bond motifs is 1. The minimum absolute atomic E-state index is 0.421. The van der Waals surface area contributed by atoms with Crippen LogP contribution < -0.4 is 0 Å². The number of pyridine rings is 1. The van der Waals surface area contributed by atoms with E-state index in [9.17, 15) is 0 Å². The van der Waals surface area contributed by atoms with Gasteiger partial charge in [0.25, 0.3) is 0 Å². The minimum atomic E-state index is 0.421. The van der Waals surface area contributed by atoms with E-state index in [-0.39, 0.29) is 0 Å². The topological polar surface area (TPSA) is 43.2 Å². The van der Waals surface area contributed by atoms with Crippen molar-refractivity contribution in [1.29, 1.82) is 0 Å². The molecule has 0 aromatic carbocycles. The van der Waals surface area contributed by atoms with E-state index in [1.165, 1.54) is 10.6 Å². The SMILES string of the molecule is c1ccc(COCC2CN(Cc3cccs3)Cc3ccnn3C2)nc1. The maximum absolute atomic E-state index is 5.96. The van der Waals surface area contributed by atoms with Gasteiger partial charge >= 0.3 is 0 Å². The predicted molar refractivity (Wildman–Crippen MR) is 98.0 cm³/mol. The summed E-state index contributed by atoms with van der Waals surface area (Å²) >= 11 is 1.82. The molecule has 1 unspecified atom stereocenters. The number of ether oxygens (including phenoxy) is 1. The molecule has 0 fully saturated rings. The zero-order valence-electron chi connectivity index (χ0n) is 14.1. The molecule has 0 spiro atoms. The first kappa shape index (κ1) is 16.4. The summed E-state index contributed by atoms with van der Waals surface area (Å²) in [7, 11) is 0. The van der Waals surface area contributed by atoms with Gasteiger partial charge in [0.05, 0.1) is 24.6 Å². The molecular formula is C19H22N4OS. The average molecular weight is 354 g/mol. The summed E-state index contributed by atoms with van der Waals surface area (Å²) in [5, 5.41) is 6.63. The molecule has 1 atom stereocenters. The molecule has 0 radical (unpaired) electrons. The van der Waals surface area contributed by atoms with Crippen molar-refractivity contribution in [3.63, 3.8) is 0 Å². The molecule has 4 heterocycles. The molecule has 0 aliphatic carbocycles. The van der Waals surface area contributed by atoms with E-state index in [4.69, 9.17) is 4.74 Å². The van der Waals surface area contributed by atoms with Gasteiger partial charge in [0, 0.05) is 49.4 Å². The van der Waals surface area contributed by atoms with Gasteiger partial charge in [0.2, 0.25) is 0 Å². The van der Waals surface area contributed by atoms with Gasteiger partial charge < -0.3 is 4.74 Å². The van der Waals surface area contributed by atoms with Crippen LogP contribution in [0.25, 0.3) is 0 Å². The lowest BCUT2D eigenvalue weighted by atomic mass is 10.1. The Balaban J connectivity index is 1.40. The molecule has 0 saturated heterocycles. The van der Waals surface area contributed by atoms with Crippen LogP contribution in [-0.2, 0) is 31.0 Å².